The molecule has 0 bridgehead atoms. The highest BCUT2D eigenvalue weighted by atomic mass is 35.5. The second kappa shape index (κ2) is 9.48. The first kappa shape index (κ1) is 20.0. The molecule has 3 aromatic rings. The number of non-ortho nitro benzene ring substituents is 1. The van der Waals surface area contributed by atoms with Crippen molar-refractivity contribution >= 4 is 29.4 Å². The van der Waals surface area contributed by atoms with E-state index in [9.17, 15) is 14.9 Å². The van der Waals surface area contributed by atoms with E-state index in [1.807, 2.05) is 30.3 Å². The van der Waals surface area contributed by atoms with Crippen molar-refractivity contribution in [2.75, 3.05) is 0 Å². The SMILES string of the molecule is O=C(N/N=C\c1ccc(OCc2ccccc2)c(Cl)c1)c1cccc([N+](=O)[O-])c1. The van der Waals surface area contributed by atoms with E-state index in [0.717, 1.165) is 5.56 Å². The zero-order chi connectivity index (χ0) is 20.6. The van der Waals surface area contributed by atoms with Gasteiger partial charge in [0.15, 0.2) is 0 Å². The Kier molecular flexibility index (Phi) is 6.55. The van der Waals surface area contributed by atoms with Gasteiger partial charge in [0.1, 0.15) is 12.4 Å². The Bertz CT molecular complexity index is 1050. The molecule has 0 fully saturated rings. The second-order valence-corrected chi connectivity index (χ2v) is 6.38. The van der Waals surface area contributed by atoms with Crippen LogP contribution in [0.4, 0.5) is 5.69 Å². The molecule has 0 aliphatic rings. The molecule has 0 aliphatic heterocycles. The summed E-state index contributed by atoms with van der Waals surface area (Å²) in [6, 6.07) is 20.2. The molecule has 29 heavy (non-hydrogen) atoms. The van der Waals surface area contributed by atoms with Gasteiger partial charge in [-0.25, -0.2) is 5.43 Å². The van der Waals surface area contributed by atoms with E-state index in [4.69, 9.17) is 16.3 Å². The molecule has 0 atom stereocenters. The number of carbonyl (C=O) groups is 1. The van der Waals surface area contributed by atoms with Gasteiger partial charge in [0.2, 0.25) is 0 Å². The summed E-state index contributed by atoms with van der Waals surface area (Å²) < 4.78 is 5.71. The molecule has 0 unspecified atom stereocenters. The minimum atomic E-state index is -0.566. The summed E-state index contributed by atoms with van der Waals surface area (Å²) in [5.41, 5.74) is 3.98. The first-order chi connectivity index (χ1) is 14.0. The standard InChI is InChI=1S/C21H16ClN3O4/c22-19-11-16(9-10-20(19)29-14-15-5-2-1-3-6-15)13-23-24-21(26)17-7-4-8-18(12-17)25(27)28/h1-13H,14H2,(H,24,26)/b23-13-. The van der Waals surface area contributed by atoms with Crippen LogP contribution in [0.2, 0.25) is 5.02 Å². The van der Waals surface area contributed by atoms with Gasteiger partial charge in [-0.3, -0.25) is 14.9 Å². The Labute approximate surface area is 171 Å². The van der Waals surface area contributed by atoms with Crippen molar-refractivity contribution in [2.24, 2.45) is 5.10 Å². The Morgan fingerprint density at radius 2 is 1.90 bits per heavy atom. The number of halogens is 1. The fourth-order valence-electron chi connectivity index (χ4n) is 2.44. The highest BCUT2D eigenvalue weighted by molar-refractivity contribution is 6.32. The van der Waals surface area contributed by atoms with E-state index in [1.54, 1.807) is 18.2 Å². The Morgan fingerprint density at radius 3 is 2.62 bits per heavy atom. The largest absolute Gasteiger partial charge is 0.487 e. The van der Waals surface area contributed by atoms with Crippen molar-refractivity contribution in [1.82, 2.24) is 5.43 Å². The summed E-state index contributed by atoms with van der Waals surface area (Å²) in [4.78, 5) is 22.3. The Hall–Kier alpha value is -3.71. The van der Waals surface area contributed by atoms with E-state index in [1.165, 1.54) is 30.5 Å². The van der Waals surface area contributed by atoms with E-state index in [2.05, 4.69) is 10.5 Å². The van der Waals surface area contributed by atoms with Crippen molar-refractivity contribution in [3.63, 3.8) is 0 Å². The van der Waals surface area contributed by atoms with Crippen molar-refractivity contribution in [3.8, 4) is 5.75 Å². The van der Waals surface area contributed by atoms with Gasteiger partial charge in [0, 0.05) is 17.7 Å². The fraction of sp³-hybridized carbons (Fsp3) is 0.0476. The number of benzene rings is 3. The van der Waals surface area contributed by atoms with Crippen LogP contribution in [0.25, 0.3) is 0 Å². The lowest BCUT2D eigenvalue weighted by molar-refractivity contribution is -0.384. The van der Waals surface area contributed by atoms with Gasteiger partial charge in [-0.15, -0.1) is 0 Å². The van der Waals surface area contributed by atoms with Gasteiger partial charge in [0.25, 0.3) is 11.6 Å². The van der Waals surface area contributed by atoms with Crippen LogP contribution in [-0.2, 0) is 6.61 Å². The number of hydrogen-bond acceptors (Lipinski definition) is 5. The summed E-state index contributed by atoms with van der Waals surface area (Å²) >= 11 is 6.24. The van der Waals surface area contributed by atoms with Crippen LogP contribution in [-0.4, -0.2) is 17.0 Å². The molecule has 0 aliphatic carbocycles. The number of hydrogen-bond donors (Lipinski definition) is 1. The van der Waals surface area contributed by atoms with E-state index >= 15 is 0 Å². The smallest absolute Gasteiger partial charge is 0.271 e. The van der Waals surface area contributed by atoms with Crippen LogP contribution >= 0.6 is 11.6 Å². The maximum Gasteiger partial charge on any atom is 0.271 e. The Balaban J connectivity index is 1.59. The topological polar surface area (TPSA) is 93.8 Å². The fourth-order valence-corrected chi connectivity index (χ4v) is 2.68. The molecule has 0 aromatic heterocycles. The third-order valence-corrected chi connectivity index (χ3v) is 4.19. The highest BCUT2D eigenvalue weighted by Crippen LogP contribution is 2.25. The number of nitrogens with one attached hydrogen (secondary N) is 1. The average Bonchev–Trinajstić information content (AvgIpc) is 2.74. The highest BCUT2D eigenvalue weighted by Gasteiger charge is 2.10. The van der Waals surface area contributed by atoms with Gasteiger partial charge in [-0.05, 0) is 35.4 Å². The first-order valence-electron chi connectivity index (χ1n) is 8.57. The van der Waals surface area contributed by atoms with Gasteiger partial charge in [0.05, 0.1) is 16.2 Å². The second-order valence-electron chi connectivity index (χ2n) is 5.97. The maximum atomic E-state index is 12.1. The number of nitrogens with zero attached hydrogens (tertiary/aromatic N) is 2. The van der Waals surface area contributed by atoms with Gasteiger partial charge < -0.3 is 4.74 Å². The first-order valence-corrected chi connectivity index (χ1v) is 8.95. The van der Waals surface area contributed by atoms with Gasteiger partial charge in [-0.2, -0.15) is 5.10 Å². The molecule has 1 N–H and O–H groups in total. The minimum Gasteiger partial charge on any atom is -0.487 e. The molecule has 0 spiro atoms. The van der Waals surface area contributed by atoms with Crippen molar-refractivity contribution in [1.29, 1.82) is 0 Å². The molecular formula is C21H16ClN3O4. The molecule has 0 saturated carbocycles. The summed E-state index contributed by atoms with van der Waals surface area (Å²) in [5, 5.41) is 15.1. The lowest BCUT2D eigenvalue weighted by atomic mass is 10.2. The molecule has 8 heteroatoms. The lowest BCUT2D eigenvalue weighted by Gasteiger charge is -2.08. The van der Waals surface area contributed by atoms with E-state index < -0.39 is 10.8 Å². The molecule has 1 amide bonds. The van der Waals surface area contributed by atoms with Crippen LogP contribution in [0.5, 0.6) is 5.75 Å². The van der Waals surface area contributed by atoms with E-state index in [-0.39, 0.29) is 11.3 Å². The maximum absolute atomic E-state index is 12.1. The quantitative estimate of drug-likeness (QED) is 0.351. The molecule has 0 heterocycles. The number of rotatable bonds is 7. The van der Waals surface area contributed by atoms with Crippen molar-refractivity contribution < 1.29 is 14.5 Å². The van der Waals surface area contributed by atoms with Gasteiger partial charge >= 0.3 is 0 Å². The third-order valence-electron chi connectivity index (χ3n) is 3.89. The number of hydrazone groups is 1. The van der Waals surface area contributed by atoms with Gasteiger partial charge in [-0.1, -0.05) is 48.0 Å². The third kappa shape index (κ3) is 5.63. The normalized spacial score (nSPS) is 10.7. The molecule has 3 rings (SSSR count). The van der Waals surface area contributed by atoms with Crippen LogP contribution < -0.4 is 10.2 Å². The molecule has 7 nitrogen and oxygen atoms in total. The molecule has 0 radical (unpaired) electrons. The average molecular weight is 410 g/mol. The number of nitro benzene ring substituents is 1. The number of amides is 1. The molecular weight excluding hydrogens is 394 g/mol. The monoisotopic (exact) mass is 409 g/mol. The number of carbonyl (C=O) groups excluding carboxylic acids is 1. The predicted molar refractivity (Wildman–Crippen MR) is 110 cm³/mol. The summed E-state index contributed by atoms with van der Waals surface area (Å²) in [6.45, 7) is 0.396. The van der Waals surface area contributed by atoms with Crippen LogP contribution in [0.1, 0.15) is 21.5 Å². The zero-order valence-corrected chi connectivity index (χ0v) is 15.9. The minimum absolute atomic E-state index is 0.138. The zero-order valence-electron chi connectivity index (χ0n) is 15.1. The summed E-state index contributed by atoms with van der Waals surface area (Å²) in [6.07, 6.45) is 1.42. The Morgan fingerprint density at radius 1 is 1.10 bits per heavy atom. The van der Waals surface area contributed by atoms with Crippen LogP contribution in [0, 0.1) is 10.1 Å². The molecule has 3 aromatic carbocycles. The van der Waals surface area contributed by atoms with Crippen molar-refractivity contribution in [3.05, 3.63) is 105 Å². The van der Waals surface area contributed by atoms with Crippen LogP contribution in [0.15, 0.2) is 77.9 Å². The predicted octanol–water partition coefficient (Wildman–Crippen LogP) is 4.59. The van der Waals surface area contributed by atoms with Crippen LogP contribution in [0.3, 0.4) is 0 Å². The molecule has 146 valence electrons. The lowest BCUT2D eigenvalue weighted by Crippen LogP contribution is -2.17. The van der Waals surface area contributed by atoms with E-state index in [0.29, 0.717) is 22.9 Å². The number of ether oxygens (including phenoxy) is 1. The summed E-state index contributed by atoms with van der Waals surface area (Å²) in [7, 11) is 0. The molecule has 0 saturated heterocycles. The number of nitro groups is 1. The summed E-state index contributed by atoms with van der Waals surface area (Å²) in [5.74, 6) is -0.0211. The van der Waals surface area contributed by atoms with Crippen molar-refractivity contribution in [2.45, 2.75) is 6.61 Å².